The van der Waals surface area contributed by atoms with Gasteiger partial charge in [0.1, 0.15) is 5.82 Å². The van der Waals surface area contributed by atoms with E-state index in [0.717, 1.165) is 19.5 Å². The van der Waals surface area contributed by atoms with Crippen LogP contribution in [0.3, 0.4) is 0 Å². The largest absolute Gasteiger partial charge is 0.478 e. The first-order chi connectivity index (χ1) is 10.1. The highest BCUT2D eigenvalue weighted by molar-refractivity contribution is 5.94. The van der Waals surface area contributed by atoms with Crippen molar-refractivity contribution in [2.24, 2.45) is 0 Å². The average Bonchev–Trinajstić information content (AvgIpc) is 2.46. The van der Waals surface area contributed by atoms with Gasteiger partial charge in [-0.2, -0.15) is 0 Å². The Morgan fingerprint density at radius 2 is 2.29 bits per heavy atom. The number of nitrogens with one attached hydrogen (secondary N) is 1. The van der Waals surface area contributed by atoms with Crippen molar-refractivity contribution in [1.29, 1.82) is 0 Å². The summed E-state index contributed by atoms with van der Waals surface area (Å²) in [5.41, 5.74) is 0.0815. The highest BCUT2D eigenvalue weighted by Crippen LogP contribution is 2.20. The molecule has 0 aromatic heterocycles. The third-order valence-electron chi connectivity index (χ3n) is 4.11. The van der Waals surface area contributed by atoms with Crippen molar-refractivity contribution in [2.45, 2.75) is 38.6 Å². The molecule has 1 aromatic rings. The molecule has 1 aromatic carbocycles. The van der Waals surface area contributed by atoms with E-state index in [0.29, 0.717) is 12.6 Å². The van der Waals surface area contributed by atoms with Crippen molar-refractivity contribution in [3.05, 3.63) is 29.6 Å². The molecule has 0 aliphatic carbocycles. The third-order valence-corrected chi connectivity index (χ3v) is 4.11. The van der Waals surface area contributed by atoms with Crippen LogP contribution >= 0.6 is 0 Å². The molecule has 5 heteroatoms. The van der Waals surface area contributed by atoms with Gasteiger partial charge in [-0.3, -0.25) is 0 Å². The lowest BCUT2D eigenvalue weighted by Gasteiger charge is -2.33. The Morgan fingerprint density at radius 3 is 3.00 bits per heavy atom. The van der Waals surface area contributed by atoms with Crippen LogP contribution in [0.25, 0.3) is 0 Å². The molecule has 1 saturated heterocycles. The lowest BCUT2D eigenvalue weighted by atomic mass is 10.0. The molecular weight excluding hydrogens is 271 g/mol. The summed E-state index contributed by atoms with van der Waals surface area (Å²) in [4.78, 5) is 13.5. The van der Waals surface area contributed by atoms with Crippen LogP contribution in [-0.4, -0.2) is 41.7 Å². The summed E-state index contributed by atoms with van der Waals surface area (Å²) in [7, 11) is 0. The van der Waals surface area contributed by atoms with Gasteiger partial charge in [0, 0.05) is 19.1 Å². The monoisotopic (exact) mass is 294 g/mol. The first-order valence-electron chi connectivity index (χ1n) is 7.59. The molecule has 0 spiro atoms. The van der Waals surface area contributed by atoms with Gasteiger partial charge in [0.05, 0.1) is 11.3 Å². The lowest BCUT2D eigenvalue weighted by Crippen LogP contribution is -2.38. The fraction of sp³-hybridized carbons (Fsp3) is 0.562. The number of carbonyl (C=O) groups is 1. The van der Waals surface area contributed by atoms with Gasteiger partial charge in [-0.15, -0.1) is 0 Å². The van der Waals surface area contributed by atoms with Gasteiger partial charge >= 0.3 is 5.97 Å². The maximum atomic E-state index is 13.7. The first kappa shape index (κ1) is 15.8. The number of hydrogen-bond donors (Lipinski definition) is 2. The zero-order valence-corrected chi connectivity index (χ0v) is 12.4. The van der Waals surface area contributed by atoms with E-state index in [1.54, 1.807) is 0 Å². The van der Waals surface area contributed by atoms with E-state index in [-0.39, 0.29) is 11.3 Å². The molecular formula is C16H23FN2O2. The summed E-state index contributed by atoms with van der Waals surface area (Å²) in [6.07, 6.45) is 4.66. The normalized spacial score (nSPS) is 19.4. The number of hydrogen-bond acceptors (Lipinski definition) is 3. The molecule has 0 radical (unpaired) electrons. The second kappa shape index (κ2) is 7.41. The van der Waals surface area contributed by atoms with E-state index in [1.807, 2.05) is 0 Å². The van der Waals surface area contributed by atoms with E-state index in [2.05, 4.69) is 17.1 Å². The van der Waals surface area contributed by atoms with Crippen molar-refractivity contribution in [2.75, 3.05) is 25.0 Å². The molecule has 0 saturated carbocycles. The number of para-hydroxylation sites is 1. The fourth-order valence-electron chi connectivity index (χ4n) is 2.87. The second-order valence-corrected chi connectivity index (χ2v) is 5.63. The molecule has 1 aliphatic rings. The first-order valence-corrected chi connectivity index (χ1v) is 7.59. The minimum Gasteiger partial charge on any atom is -0.478 e. The van der Waals surface area contributed by atoms with Crippen LogP contribution in [0, 0.1) is 5.82 Å². The molecule has 1 unspecified atom stereocenters. The minimum absolute atomic E-state index is 0.0126. The number of nitrogens with zero attached hydrogens (tertiary/aromatic N) is 1. The van der Waals surface area contributed by atoms with Gasteiger partial charge in [-0.05, 0) is 44.9 Å². The zero-order valence-electron chi connectivity index (χ0n) is 12.4. The predicted molar refractivity (Wildman–Crippen MR) is 81.4 cm³/mol. The highest BCUT2D eigenvalue weighted by atomic mass is 19.1. The van der Waals surface area contributed by atoms with Gasteiger partial charge in [0.25, 0.3) is 0 Å². The number of carboxylic acid groups (broad SMARTS) is 1. The molecule has 2 rings (SSSR count). The highest BCUT2D eigenvalue weighted by Gasteiger charge is 2.17. The Balaban J connectivity index is 1.85. The number of benzene rings is 1. The Labute approximate surface area is 125 Å². The number of carboxylic acids is 1. The predicted octanol–water partition coefficient (Wildman–Crippen LogP) is 3.20. The number of rotatable bonds is 6. The zero-order chi connectivity index (χ0) is 15.2. The van der Waals surface area contributed by atoms with E-state index in [4.69, 9.17) is 5.11 Å². The summed E-state index contributed by atoms with van der Waals surface area (Å²) >= 11 is 0. The van der Waals surface area contributed by atoms with Crippen LogP contribution in [-0.2, 0) is 0 Å². The Bertz CT molecular complexity index is 493. The number of piperidine rings is 1. The summed E-state index contributed by atoms with van der Waals surface area (Å²) < 4.78 is 13.7. The van der Waals surface area contributed by atoms with E-state index < -0.39 is 11.8 Å². The second-order valence-electron chi connectivity index (χ2n) is 5.63. The van der Waals surface area contributed by atoms with Gasteiger partial charge in [-0.25, -0.2) is 9.18 Å². The smallest absolute Gasteiger partial charge is 0.337 e. The maximum absolute atomic E-state index is 13.7. The third kappa shape index (κ3) is 4.17. The Kier molecular flexibility index (Phi) is 5.56. The summed E-state index contributed by atoms with van der Waals surface area (Å²) in [6, 6.07) is 4.73. The summed E-state index contributed by atoms with van der Waals surface area (Å²) in [6.45, 7) is 4.91. The quantitative estimate of drug-likeness (QED) is 0.791. The van der Waals surface area contributed by atoms with E-state index in [1.165, 1.54) is 37.5 Å². The molecule has 116 valence electrons. The fourth-order valence-corrected chi connectivity index (χ4v) is 2.87. The molecule has 1 heterocycles. The van der Waals surface area contributed by atoms with Crippen LogP contribution in [0.1, 0.15) is 43.0 Å². The number of aromatic carboxylic acids is 1. The number of halogens is 1. The van der Waals surface area contributed by atoms with Crippen molar-refractivity contribution >= 4 is 11.7 Å². The van der Waals surface area contributed by atoms with Crippen LogP contribution in [0.4, 0.5) is 10.1 Å². The summed E-state index contributed by atoms with van der Waals surface area (Å²) in [5.74, 6) is -1.62. The van der Waals surface area contributed by atoms with Crippen molar-refractivity contribution in [3.63, 3.8) is 0 Å². The molecule has 4 nitrogen and oxygen atoms in total. The van der Waals surface area contributed by atoms with Gasteiger partial charge in [0.15, 0.2) is 0 Å². The van der Waals surface area contributed by atoms with Gasteiger partial charge < -0.3 is 15.3 Å². The van der Waals surface area contributed by atoms with Crippen molar-refractivity contribution in [1.82, 2.24) is 4.90 Å². The van der Waals surface area contributed by atoms with Crippen molar-refractivity contribution < 1.29 is 14.3 Å². The summed E-state index contributed by atoms with van der Waals surface area (Å²) in [5, 5.41) is 12.0. The molecule has 21 heavy (non-hydrogen) atoms. The molecule has 1 fully saturated rings. The lowest BCUT2D eigenvalue weighted by molar-refractivity contribution is 0.0697. The van der Waals surface area contributed by atoms with E-state index in [9.17, 15) is 9.18 Å². The van der Waals surface area contributed by atoms with Crippen LogP contribution in [0.5, 0.6) is 0 Å². The molecule has 0 bridgehead atoms. The molecule has 0 amide bonds. The van der Waals surface area contributed by atoms with Crippen LogP contribution < -0.4 is 5.32 Å². The van der Waals surface area contributed by atoms with Gasteiger partial charge in [0.2, 0.25) is 0 Å². The number of anilines is 1. The molecule has 1 aliphatic heterocycles. The van der Waals surface area contributed by atoms with Crippen LogP contribution in [0.15, 0.2) is 18.2 Å². The average molecular weight is 294 g/mol. The van der Waals surface area contributed by atoms with Crippen molar-refractivity contribution in [3.8, 4) is 0 Å². The topological polar surface area (TPSA) is 52.6 Å². The minimum atomic E-state index is -1.11. The SMILES string of the molecule is CC1CCCCN1CCCNc1c(F)cccc1C(=O)O. The molecule has 2 N–H and O–H groups in total. The maximum Gasteiger partial charge on any atom is 0.337 e. The Hall–Kier alpha value is -1.62. The number of likely N-dealkylation sites (tertiary alicyclic amines) is 1. The van der Waals surface area contributed by atoms with Crippen LogP contribution in [0.2, 0.25) is 0 Å². The standard InChI is InChI=1S/C16H23FN2O2/c1-12-6-2-3-10-19(12)11-5-9-18-15-13(16(20)21)7-4-8-14(15)17/h4,7-8,12,18H,2-3,5-6,9-11H2,1H3,(H,20,21). The Morgan fingerprint density at radius 1 is 1.48 bits per heavy atom. The van der Waals surface area contributed by atoms with E-state index >= 15 is 0 Å². The van der Waals surface area contributed by atoms with Gasteiger partial charge in [-0.1, -0.05) is 12.5 Å². The molecule has 1 atom stereocenters.